The molecular weight excluding hydrogens is 418 g/mol. The van der Waals surface area contributed by atoms with Crippen LogP contribution in [0.5, 0.6) is 11.6 Å². The third-order valence-electron chi connectivity index (χ3n) is 5.25. The van der Waals surface area contributed by atoms with Crippen molar-refractivity contribution in [2.75, 3.05) is 30.9 Å². The van der Waals surface area contributed by atoms with Crippen molar-refractivity contribution in [3.05, 3.63) is 65.6 Å². The molecule has 1 aliphatic heterocycles. The van der Waals surface area contributed by atoms with Gasteiger partial charge in [-0.2, -0.15) is 0 Å². The maximum atomic E-state index is 13.2. The van der Waals surface area contributed by atoms with Crippen LogP contribution >= 0.6 is 11.6 Å². The molecular formula is C22H18ClN5O3. The van der Waals surface area contributed by atoms with E-state index in [-0.39, 0.29) is 23.2 Å². The van der Waals surface area contributed by atoms with Gasteiger partial charge in [0.15, 0.2) is 5.75 Å². The Labute approximate surface area is 182 Å². The standard InChI is InChI=1S/C22H18ClN5O3/c1-30-19-15(23)3-2-4-17(19)28-8-7-13-11-14(5-6-16(13)28)27-9-10-31-21-18(22(27)29)20(24)25-12-26-21/h2-8,11-12H,9-10H2,1H3,(H2,24,25,26). The molecule has 9 heteroatoms. The SMILES string of the molecule is COc1c(Cl)cccc1-n1ccc2cc(N3CCOc4ncnc(N)c4C3=O)ccc21. The van der Waals surface area contributed by atoms with Gasteiger partial charge in [0.2, 0.25) is 5.88 Å². The Morgan fingerprint density at radius 3 is 2.90 bits per heavy atom. The van der Waals surface area contributed by atoms with Crippen molar-refractivity contribution < 1.29 is 14.3 Å². The highest BCUT2D eigenvalue weighted by Gasteiger charge is 2.29. The fourth-order valence-electron chi connectivity index (χ4n) is 3.81. The molecule has 2 N–H and O–H groups in total. The Bertz CT molecular complexity index is 1320. The third kappa shape index (κ3) is 3.12. The molecule has 0 spiro atoms. The number of nitrogens with two attached hydrogens (primary N) is 1. The molecule has 0 atom stereocenters. The largest absolute Gasteiger partial charge is 0.493 e. The first-order valence-corrected chi connectivity index (χ1v) is 9.95. The number of anilines is 2. The first kappa shape index (κ1) is 19.2. The molecule has 8 nitrogen and oxygen atoms in total. The Balaban J connectivity index is 1.57. The van der Waals surface area contributed by atoms with Crippen LogP contribution in [0.15, 0.2) is 55.0 Å². The van der Waals surface area contributed by atoms with Crippen molar-refractivity contribution in [3.8, 4) is 17.3 Å². The van der Waals surface area contributed by atoms with Gasteiger partial charge < -0.3 is 24.7 Å². The Kier molecular flexibility index (Phi) is 4.63. The first-order valence-electron chi connectivity index (χ1n) is 9.57. The molecule has 0 aliphatic carbocycles. The van der Waals surface area contributed by atoms with Gasteiger partial charge in [-0.05, 0) is 36.4 Å². The number of hydrogen-bond donors (Lipinski definition) is 1. The number of methoxy groups -OCH3 is 1. The number of carbonyl (C=O) groups excluding carboxylic acids is 1. The lowest BCUT2D eigenvalue weighted by Gasteiger charge is -2.20. The smallest absolute Gasteiger partial charge is 0.267 e. The lowest BCUT2D eigenvalue weighted by Crippen LogP contribution is -2.32. The minimum Gasteiger partial charge on any atom is -0.493 e. The number of carbonyl (C=O) groups is 1. The van der Waals surface area contributed by atoms with Gasteiger partial charge in [-0.3, -0.25) is 4.79 Å². The molecule has 0 fully saturated rings. The molecule has 31 heavy (non-hydrogen) atoms. The quantitative estimate of drug-likeness (QED) is 0.527. The van der Waals surface area contributed by atoms with E-state index in [1.54, 1.807) is 18.1 Å². The summed E-state index contributed by atoms with van der Waals surface area (Å²) in [4.78, 5) is 22.8. The van der Waals surface area contributed by atoms with Crippen molar-refractivity contribution >= 4 is 39.9 Å². The topological polar surface area (TPSA) is 95.5 Å². The summed E-state index contributed by atoms with van der Waals surface area (Å²) in [5.74, 6) is 0.612. The number of benzene rings is 2. The number of aromatic nitrogens is 3. The molecule has 0 saturated heterocycles. The van der Waals surface area contributed by atoms with Crippen LogP contribution in [0.1, 0.15) is 10.4 Å². The van der Waals surface area contributed by atoms with Gasteiger partial charge >= 0.3 is 0 Å². The molecule has 156 valence electrons. The number of ether oxygens (including phenoxy) is 2. The van der Waals surface area contributed by atoms with Crippen LogP contribution in [0, 0.1) is 0 Å². The van der Waals surface area contributed by atoms with Crippen molar-refractivity contribution in [2.45, 2.75) is 0 Å². The Hall–Kier alpha value is -3.78. The van der Waals surface area contributed by atoms with Crippen molar-refractivity contribution in [2.24, 2.45) is 0 Å². The molecule has 3 heterocycles. The zero-order chi connectivity index (χ0) is 21.5. The molecule has 2 aromatic heterocycles. The summed E-state index contributed by atoms with van der Waals surface area (Å²) in [6, 6.07) is 13.4. The predicted molar refractivity (Wildman–Crippen MR) is 118 cm³/mol. The van der Waals surface area contributed by atoms with Gasteiger partial charge in [0.05, 0.1) is 29.9 Å². The maximum absolute atomic E-state index is 13.2. The lowest BCUT2D eigenvalue weighted by atomic mass is 10.2. The highest BCUT2D eigenvalue weighted by molar-refractivity contribution is 6.32. The van der Waals surface area contributed by atoms with E-state index in [1.807, 2.05) is 47.2 Å². The van der Waals surface area contributed by atoms with Gasteiger partial charge in [-0.25, -0.2) is 9.97 Å². The van der Waals surface area contributed by atoms with E-state index in [2.05, 4.69) is 9.97 Å². The van der Waals surface area contributed by atoms with E-state index in [0.717, 1.165) is 22.3 Å². The molecule has 0 bridgehead atoms. The van der Waals surface area contributed by atoms with Crippen molar-refractivity contribution in [3.63, 3.8) is 0 Å². The summed E-state index contributed by atoms with van der Waals surface area (Å²) in [7, 11) is 1.59. The van der Waals surface area contributed by atoms with E-state index in [0.29, 0.717) is 23.9 Å². The van der Waals surface area contributed by atoms with Crippen LogP contribution < -0.4 is 20.1 Å². The lowest BCUT2D eigenvalue weighted by molar-refractivity contribution is 0.0990. The second-order valence-electron chi connectivity index (χ2n) is 6.97. The van der Waals surface area contributed by atoms with Gasteiger partial charge in [0.1, 0.15) is 24.3 Å². The molecule has 0 radical (unpaired) electrons. The van der Waals surface area contributed by atoms with Crippen LogP contribution in [-0.4, -0.2) is 40.7 Å². The fourth-order valence-corrected chi connectivity index (χ4v) is 4.05. The van der Waals surface area contributed by atoms with E-state index < -0.39 is 0 Å². The fraction of sp³-hybridized carbons (Fsp3) is 0.136. The van der Waals surface area contributed by atoms with E-state index in [1.165, 1.54) is 6.33 Å². The second kappa shape index (κ2) is 7.48. The van der Waals surface area contributed by atoms with Gasteiger partial charge in [-0.15, -0.1) is 0 Å². The molecule has 4 aromatic rings. The normalized spacial score (nSPS) is 13.6. The van der Waals surface area contributed by atoms with Gasteiger partial charge in [0, 0.05) is 17.3 Å². The summed E-state index contributed by atoms with van der Waals surface area (Å²) < 4.78 is 13.1. The molecule has 0 unspecified atom stereocenters. The maximum Gasteiger partial charge on any atom is 0.267 e. The van der Waals surface area contributed by atoms with Crippen LogP contribution in [0.2, 0.25) is 5.02 Å². The van der Waals surface area contributed by atoms with Gasteiger partial charge in [-0.1, -0.05) is 17.7 Å². The summed E-state index contributed by atoms with van der Waals surface area (Å²) >= 11 is 6.30. The minimum absolute atomic E-state index is 0.0992. The zero-order valence-electron chi connectivity index (χ0n) is 16.6. The second-order valence-corrected chi connectivity index (χ2v) is 7.37. The summed E-state index contributed by atoms with van der Waals surface area (Å²) in [5.41, 5.74) is 8.63. The molecule has 1 amide bonds. The van der Waals surface area contributed by atoms with Gasteiger partial charge in [0.25, 0.3) is 5.91 Å². The number of hydrogen-bond acceptors (Lipinski definition) is 6. The Morgan fingerprint density at radius 2 is 2.06 bits per heavy atom. The molecule has 1 aliphatic rings. The number of halogens is 1. The highest BCUT2D eigenvalue weighted by Crippen LogP contribution is 2.35. The number of rotatable bonds is 3. The van der Waals surface area contributed by atoms with Crippen molar-refractivity contribution in [1.29, 1.82) is 0 Å². The van der Waals surface area contributed by atoms with Crippen molar-refractivity contribution in [1.82, 2.24) is 14.5 Å². The summed E-state index contributed by atoms with van der Waals surface area (Å²) in [6.45, 7) is 0.664. The number of amides is 1. The van der Waals surface area contributed by atoms with Crippen LogP contribution in [-0.2, 0) is 0 Å². The van der Waals surface area contributed by atoms with E-state index in [9.17, 15) is 4.79 Å². The summed E-state index contributed by atoms with van der Waals surface area (Å²) in [5, 5.41) is 1.49. The monoisotopic (exact) mass is 435 g/mol. The van der Waals surface area contributed by atoms with E-state index in [4.69, 9.17) is 26.8 Å². The number of para-hydroxylation sites is 1. The van der Waals surface area contributed by atoms with E-state index >= 15 is 0 Å². The minimum atomic E-state index is -0.291. The molecule has 5 rings (SSSR count). The van der Waals surface area contributed by atoms with Crippen LogP contribution in [0.25, 0.3) is 16.6 Å². The first-order chi connectivity index (χ1) is 15.1. The van der Waals surface area contributed by atoms with Crippen LogP contribution in [0.3, 0.4) is 0 Å². The zero-order valence-corrected chi connectivity index (χ0v) is 17.3. The number of fused-ring (bicyclic) bond motifs is 2. The highest BCUT2D eigenvalue weighted by atomic mass is 35.5. The molecule has 2 aromatic carbocycles. The Morgan fingerprint density at radius 1 is 1.19 bits per heavy atom. The summed E-state index contributed by atoms with van der Waals surface area (Å²) in [6.07, 6.45) is 3.23. The average Bonchev–Trinajstić information content (AvgIpc) is 3.11. The third-order valence-corrected chi connectivity index (χ3v) is 5.55. The number of nitrogen functional groups attached to an aromatic ring is 1. The number of nitrogens with zero attached hydrogens (tertiary/aromatic N) is 4. The average molecular weight is 436 g/mol. The van der Waals surface area contributed by atoms with Crippen LogP contribution in [0.4, 0.5) is 11.5 Å². The molecule has 0 saturated carbocycles. The predicted octanol–water partition coefficient (Wildman–Crippen LogP) is 3.70.